The molecule has 0 aliphatic heterocycles. The number of ether oxygens (including phenoxy) is 1. The Balaban J connectivity index is 1.69. The second-order valence-corrected chi connectivity index (χ2v) is 7.72. The van der Waals surface area contributed by atoms with Gasteiger partial charge in [0.25, 0.3) is 5.91 Å². The second kappa shape index (κ2) is 8.10. The molecular weight excluding hydrogens is 476 g/mol. The number of halogens is 2. The highest BCUT2D eigenvalue weighted by Crippen LogP contribution is 2.32. The number of anilines is 2. The largest absolute Gasteiger partial charge is 0.452 e. The molecule has 3 N–H and O–H groups in total. The molecule has 0 unspecified atom stereocenters. The predicted molar refractivity (Wildman–Crippen MR) is 114 cm³/mol. The van der Waals surface area contributed by atoms with Crippen molar-refractivity contribution in [3.8, 4) is 0 Å². The summed E-state index contributed by atoms with van der Waals surface area (Å²) in [6, 6.07) is 14.7. The van der Waals surface area contributed by atoms with E-state index in [4.69, 9.17) is 10.5 Å². The lowest BCUT2D eigenvalue weighted by atomic mass is 10.1. The molecule has 138 valence electrons. The van der Waals surface area contributed by atoms with Crippen LogP contribution in [-0.4, -0.2) is 18.5 Å². The second-order valence-electron chi connectivity index (χ2n) is 6.01. The normalized spacial score (nSPS) is 10.6. The number of fused-ring (bicyclic) bond motifs is 1. The van der Waals surface area contributed by atoms with Crippen LogP contribution in [0.4, 0.5) is 11.4 Å². The number of aryl methyl sites for hydroxylation is 1. The van der Waals surface area contributed by atoms with Crippen LogP contribution in [0.5, 0.6) is 0 Å². The van der Waals surface area contributed by atoms with Gasteiger partial charge < -0.3 is 15.8 Å². The molecule has 3 aromatic carbocycles. The molecule has 0 fully saturated rings. The number of hydrogen-bond acceptors (Lipinski definition) is 4. The number of amides is 1. The van der Waals surface area contributed by atoms with E-state index in [1.807, 2.05) is 43.3 Å². The van der Waals surface area contributed by atoms with Crippen molar-refractivity contribution in [2.45, 2.75) is 6.92 Å². The van der Waals surface area contributed by atoms with Crippen molar-refractivity contribution in [3.63, 3.8) is 0 Å². The first-order valence-corrected chi connectivity index (χ1v) is 9.64. The van der Waals surface area contributed by atoms with Gasteiger partial charge in [-0.05, 0) is 79.4 Å². The van der Waals surface area contributed by atoms with Crippen LogP contribution in [0.15, 0.2) is 57.5 Å². The Kier molecular flexibility index (Phi) is 5.82. The highest BCUT2D eigenvalue weighted by molar-refractivity contribution is 9.11. The van der Waals surface area contributed by atoms with Crippen molar-refractivity contribution in [3.05, 3.63) is 68.6 Å². The van der Waals surface area contributed by atoms with Crippen LogP contribution in [0.3, 0.4) is 0 Å². The first-order valence-electron chi connectivity index (χ1n) is 8.06. The van der Waals surface area contributed by atoms with Gasteiger partial charge in [-0.3, -0.25) is 4.79 Å². The molecule has 0 atom stereocenters. The number of nitrogens with one attached hydrogen (secondary N) is 1. The molecule has 3 rings (SSSR count). The molecule has 0 bridgehead atoms. The van der Waals surface area contributed by atoms with Crippen LogP contribution in [0, 0.1) is 6.92 Å². The Morgan fingerprint density at radius 3 is 2.26 bits per heavy atom. The number of carbonyl (C=O) groups excluding carboxylic acids is 2. The average molecular weight is 492 g/mol. The van der Waals surface area contributed by atoms with Gasteiger partial charge in [0.15, 0.2) is 6.61 Å². The van der Waals surface area contributed by atoms with Crippen molar-refractivity contribution in [1.82, 2.24) is 0 Å². The molecule has 0 aromatic heterocycles. The smallest absolute Gasteiger partial charge is 0.340 e. The van der Waals surface area contributed by atoms with Crippen LogP contribution < -0.4 is 11.1 Å². The third kappa shape index (κ3) is 4.48. The summed E-state index contributed by atoms with van der Waals surface area (Å²) in [7, 11) is 0. The monoisotopic (exact) mass is 490 g/mol. The average Bonchev–Trinajstić information content (AvgIpc) is 2.62. The Hall–Kier alpha value is -2.38. The molecule has 1 amide bonds. The molecule has 0 radical (unpaired) electrons. The Morgan fingerprint density at radius 2 is 1.63 bits per heavy atom. The molecule has 27 heavy (non-hydrogen) atoms. The molecule has 0 spiro atoms. The highest BCUT2D eigenvalue weighted by Gasteiger charge is 2.16. The summed E-state index contributed by atoms with van der Waals surface area (Å²) in [4.78, 5) is 24.5. The van der Waals surface area contributed by atoms with Gasteiger partial charge in [0.1, 0.15) is 0 Å². The van der Waals surface area contributed by atoms with Gasteiger partial charge >= 0.3 is 5.97 Å². The minimum Gasteiger partial charge on any atom is -0.452 e. The fourth-order valence-corrected chi connectivity index (χ4v) is 4.25. The zero-order valence-electron chi connectivity index (χ0n) is 14.4. The van der Waals surface area contributed by atoms with E-state index in [0.717, 1.165) is 25.3 Å². The Morgan fingerprint density at radius 1 is 1.04 bits per heavy atom. The van der Waals surface area contributed by atoms with Crippen LogP contribution in [0.2, 0.25) is 0 Å². The van der Waals surface area contributed by atoms with Crippen molar-refractivity contribution >= 4 is 65.9 Å². The summed E-state index contributed by atoms with van der Waals surface area (Å²) in [5, 5.41) is 4.52. The maximum absolute atomic E-state index is 12.3. The number of hydrogen-bond donors (Lipinski definition) is 2. The van der Waals surface area contributed by atoms with E-state index in [0.29, 0.717) is 11.4 Å². The zero-order valence-corrected chi connectivity index (χ0v) is 17.6. The molecule has 7 heteroatoms. The van der Waals surface area contributed by atoms with Gasteiger partial charge in [0.2, 0.25) is 0 Å². The van der Waals surface area contributed by atoms with E-state index in [1.54, 1.807) is 12.1 Å². The van der Waals surface area contributed by atoms with Crippen LogP contribution >= 0.6 is 31.9 Å². The first-order chi connectivity index (χ1) is 12.8. The summed E-state index contributed by atoms with van der Waals surface area (Å²) >= 11 is 6.81. The maximum atomic E-state index is 12.3. The lowest BCUT2D eigenvalue weighted by molar-refractivity contribution is -0.119. The van der Waals surface area contributed by atoms with E-state index in [-0.39, 0.29) is 5.56 Å². The minimum atomic E-state index is -0.643. The van der Waals surface area contributed by atoms with Crippen LogP contribution in [-0.2, 0) is 9.53 Å². The molecule has 0 saturated carbocycles. The number of carbonyl (C=O) groups is 2. The lowest BCUT2D eigenvalue weighted by Crippen LogP contribution is -2.21. The SMILES string of the molecule is Cc1cc(Br)c(NC(=O)COC(=O)c2cc3ccccc3cc2N)c(Br)c1. The lowest BCUT2D eigenvalue weighted by Gasteiger charge is -2.12. The van der Waals surface area contributed by atoms with Crippen molar-refractivity contribution in [2.75, 3.05) is 17.7 Å². The predicted octanol–water partition coefficient (Wildman–Crippen LogP) is 5.05. The van der Waals surface area contributed by atoms with Gasteiger partial charge in [-0.1, -0.05) is 24.3 Å². The fraction of sp³-hybridized carbons (Fsp3) is 0.100. The maximum Gasteiger partial charge on any atom is 0.340 e. The van der Waals surface area contributed by atoms with Gasteiger partial charge in [-0.15, -0.1) is 0 Å². The number of esters is 1. The third-order valence-electron chi connectivity index (χ3n) is 3.92. The van der Waals surface area contributed by atoms with Crippen LogP contribution in [0.1, 0.15) is 15.9 Å². The molecule has 0 saturated heterocycles. The summed E-state index contributed by atoms with van der Waals surface area (Å²) < 4.78 is 6.59. The molecule has 0 aliphatic rings. The Bertz CT molecular complexity index is 1030. The van der Waals surface area contributed by atoms with E-state index in [9.17, 15) is 9.59 Å². The Labute approximate surface area is 173 Å². The molecule has 0 heterocycles. The quantitative estimate of drug-likeness (QED) is 0.395. The molecular formula is C20H16Br2N2O3. The summed E-state index contributed by atoms with van der Waals surface area (Å²) in [6.45, 7) is 1.52. The molecule has 3 aromatic rings. The van der Waals surface area contributed by atoms with Gasteiger partial charge in [0, 0.05) is 14.6 Å². The topological polar surface area (TPSA) is 81.4 Å². The fourth-order valence-electron chi connectivity index (χ4n) is 2.64. The number of rotatable bonds is 4. The van der Waals surface area contributed by atoms with Crippen molar-refractivity contribution in [2.24, 2.45) is 0 Å². The highest BCUT2D eigenvalue weighted by atomic mass is 79.9. The van der Waals surface area contributed by atoms with Gasteiger partial charge in [-0.2, -0.15) is 0 Å². The zero-order chi connectivity index (χ0) is 19.6. The third-order valence-corrected chi connectivity index (χ3v) is 5.17. The molecule has 0 aliphatic carbocycles. The van der Waals surface area contributed by atoms with E-state index in [1.165, 1.54) is 0 Å². The van der Waals surface area contributed by atoms with Crippen molar-refractivity contribution in [1.29, 1.82) is 0 Å². The summed E-state index contributed by atoms with van der Waals surface area (Å²) in [6.07, 6.45) is 0. The first kappa shape index (κ1) is 19.4. The number of benzene rings is 3. The standard InChI is InChI=1S/C20H16Br2N2O3/c1-11-6-15(21)19(16(22)7-11)24-18(25)10-27-20(26)14-8-12-4-2-3-5-13(12)9-17(14)23/h2-9H,10,23H2,1H3,(H,24,25). The summed E-state index contributed by atoms with van der Waals surface area (Å²) in [5.74, 6) is -1.09. The van der Waals surface area contributed by atoms with Gasteiger partial charge in [0.05, 0.1) is 11.3 Å². The summed E-state index contributed by atoms with van der Waals surface area (Å²) in [5.41, 5.74) is 8.11. The van der Waals surface area contributed by atoms with E-state index >= 15 is 0 Å². The number of nitrogens with two attached hydrogens (primary N) is 1. The van der Waals surface area contributed by atoms with Crippen molar-refractivity contribution < 1.29 is 14.3 Å². The van der Waals surface area contributed by atoms with E-state index < -0.39 is 18.5 Å². The minimum absolute atomic E-state index is 0.235. The molecule has 5 nitrogen and oxygen atoms in total. The van der Waals surface area contributed by atoms with E-state index in [2.05, 4.69) is 37.2 Å². The number of nitrogen functional groups attached to an aromatic ring is 1. The van der Waals surface area contributed by atoms with Gasteiger partial charge in [-0.25, -0.2) is 4.79 Å². The van der Waals surface area contributed by atoms with Crippen LogP contribution in [0.25, 0.3) is 10.8 Å².